The van der Waals surface area contributed by atoms with E-state index < -0.39 is 16.4 Å². The second-order valence-corrected chi connectivity index (χ2v) is 3.36. The number of hydrogen-bond donors (Lipinski definition) is 2. The summed E-state index contributed by atoms with van der Waals surface area (Å²) in [6.07, 6.45) is 0. The highest BCUT2D eigenvalue weighted by atomic mass is 35.5. The minimum atomic E-state index is -2.00. The van der Waals surface area contributed by atoms with Crippen LogP contribution in [0.15, 0.2) is 0 Å². The van der Waals surface area contributed by atoms with Crippen molar-refractivity contribution in [1.29, 1.82) is 0 Å². The lowest BCUT2D eigenvalue weighted by molar-refractivity contribution is -0.152. The summed E-state index contributed by atoms with van der Waals surface area (Å²) in [5.41, 5.74) is -3.70. The van der Waals surface area contributed by atoms with Crippen LogP contribution >= 0.6 is 23.2 Å². The Balaban J connectivity index is 4.67. The van der Waals surface area contributed by atoms with E-state index in [1.165, 1.54) is 6.92 Å². The van der Waals surface area contributed by atoms with Crippen molar-refractivity contribution in [3.63, 3.8) is 0 Å². The van der Waals surface area contributed by atoms with Crippen LogP contribution in [0.4, 0.5) is 0 Å². The Morgan fingerprint density at radius 3 is 1.91 bits per heavy atom. The zero-order valence-corrected chi connectivity index (χ0v) is 7.78. The fourth-order valence-electron chi connectivity index (χ4n) is 0.342. The molecule has 66 valence electrons. The van der Waals surface area contributed by atoms with E-state index >= 15 is 0 Å². The molecule has 0 radical (unpaired) electrons. The molecule has 11 heavy (non-hydrogen) atoms. The summed E-state index contributed by atoms with van der Waals surface area (Å²) in [4.78, 5) is 10.6. The number of halogens is 2. The van der Waals surface area contributed by atoms with Crippen molar-refractivity contribution < 1.29 is 15.0 Å². The van der Waals surface area contributed by atoms with Crippen molar-refractivity contribution in [1.82, 2.24) is 0 Å². The Bertz CT molecular complexity index is 165. The molecule has 0 aliphatic rings. The van der Waals surface area contributed by atoms with Crippen LogP contribution in [0.3, 0.4) is 0 Å². The number of hydrogen-bond acceptors (Lipinski definition) is 3. The monoisotopic (exact) mass is 200 g/mol. The van der Waals surface area contributed by atoms with E-state index in [1.54, 1.807) is 0 Å². The van der Waals surface area contributed by atoms with E-state index in [-0.39, 0.29) is 5.88 Å². The molecule has 2 atom stereocenters. The van der Waals surface area contributed by atoms with Crippen molar-refractivity contribution in [2.24, 2.45) is 0 Å². The van der Waals surface area contributed by atoms with Crippen molar-refractivity contribution in [3.05, 3.63) is 0 Å². The van der Waals surface area contributed by atoms with Gasteiger partial charge in [0.2, 0.25) is 0 Å². The van der Waals surface area contributed by atoms with Gasteiger partial charge in [0.25, 0.3) is 5.24 Å². The van der Waals surface area contributed by atoms with Gasteiger partial charge in [-0.1, -0.05) is 0 Å². The summed E-state index contributed by atoms with van der Waals surface area (Å²) in [6.45, 7) is 2.35. The van der Waals surface area contributed by atoms with Crippen LogP contribution in [0, 0.1) is 0 Å². The van der Waals surface area contributed by atoms with Gasteiger partial charge in [0, 0.05) is 0 Å². The van der Waals surface area contributed by atoms with Crippen LogP contribution in [0.5, 0.6) is 0 Å². The van der Waals surface area contributed by atoms with Crippen LogP contribution in [-0.2, 0) is 4.79 Å². The van der Waals surface area contributed by atoms with E-state index in [0.29, 0.717) is 0 Å². The number of alkyl halides is 1. The third kappa shape index (κ3) is 2.06. The van der Waals surface area contributed by atoms with Gasteiger partial charge in [0.15, 0.2) is 5.60 Å². The lowest BCUT2D eigenvalue weighted by atomic mass is 9.89. The topological polar surface area (TPSA) is 57.5 Å². The van der Waals surface area contributed by atoms with Crippen molar-refractivity contribution in [2.75, 3.05) is 5.88 Å². The molecule has 0 heterocycles. The maximum absolute atomic E-state index is 10.6. The first-order valence-corrected chi connectivity index (χ1v) is 3.87. The molecule has 0 aliphatic carbocycles. The summed E-state index contributed by atoms with van der Waals surface area (Å²) in [5, 5.41) is 17.6. The molecule has 0 aliphatic heterocycles. The number of rotatable bonds is 3. The molecule has 0 saturated heterocycles. The molecular weight excluding hydrogens is 191 g/mol. The highest BCUT2D eigenvalue weighted by Crippen LogP contribution is 2.25. The molecule has 2 unspecified atom stereocenters. The lowest BCUT2D eigenvalue weighted by Crippen LogP contribution is -2.55. The minimum absolute atomic E-state index is 0.265. The molecule has 0 spiro atoms. The predicted molar refractivity (Wildman–Crippen MR) is 42.8 cm³/mol. The summed E-state index contributed by atoms with van der Waals surface area (Å²) in [6, 6.07) is 0. The van der Waals surface area contributed by atoms with E-state index in [0.717, 1.165) is 6.92 Å². The number of carbonyl (C=O) groups excluding carboxylic acids is 1. The Labute approximate surface area is 74.9 Å². The average molecular weight is 201 g/mol. The first-order chi connectivity index (χ1) is 4.75. The number of carbonyl (C=O) groups is 1. The predicted octanol–water partition coefficient (Wildman–Crippen LogP) is 0.493. The van der Waals surface area contributed by atoms with Gasteiger partial charge in [-0.2, -0.15) is 0 Å². The zero-order valence-electron chi connectivity index (χ0n) is 6.27. The third-order valence-corrected chi connectivity index (χ3v) is 2.58. The highest BCUT2D eigenvalue weighted by molar-refractivity contribution is 6.65. The molecule has 0 aromatic rings. The fraction of sp³-hybridized carbons (Fsp3) is 0.833. The summed E-state index contributed by atoms with van der Waals surface area (Å²) in [5.74, 6) is -0.265. The Morgan fingerprint density at radius 1 is 1.45 bits per heavy atom. The average Bonchev–Trinajstić information content (AvgIpc) is 1.87. The summed E-state index contributed by atoms with van der Waals surface area (Å²) < 4.78 is 0. The second kappa shape index (κ2) is 3.27. The lowest BCUT2D eigenvalue weighted by Gasteiger charge is -2.33. The van der Waals surface area contributed by atoms with E-state index in [9.17, 15) is 15.0 Å². The maximum atomic E-state index is 10.6. The molecule has 0 saturated carbocycles. The molecule has 0 aromatic heterocycles. The Hall–Kier alpha value is 0.170. The molecule has 5 heteroatoms. The second-order valence-electron chi connectivity index (χ2n) is 2.75. The van der Waals surface area contributed by atoms with Gasteiger partial charge >= 0.3 is 0 Å². The maximum Gasteiger partial charge on any atom is 0.256 e. The third-order valence-electron chi connectivity index (χ3n) is 1.69. The molecular formula is C6H10Cl2O3. The van der Waals surface area contributed by atoms with Gasteiger partial charge in [-0.3, -0.25) is 4.79 Å². The van der Waals surface area contributed by atoms with Crippen molar-refractivity contribution in [2.45, 2.75) is 25.0 Å². The van der Waals surface area contributed by atoms with Gasteiger partial charge in [0.05, 0.1) is 5.88 Å². The largest absolute Gasteiger partial charge is 0.385 e. The summed E-state index contributed by atoms with van der Waals surface area (Å²) in [7, 11) is 0. The van der Waals surface area contributed by atoms with E-state index in [2.05, 4.69) is 0 Å². The van der Waals surface area contributed by atoms with Crippen LogP contribution in [0.1, 0.15) is 13.8 Å². The van der Waals surface area contributed by atoms with Gasteiger partial charge in [-0.15, -0.1) is 11.6 Å². The normalized spacial score (nSPS) is 22.0. The van der Waals surface area contributed by atoms with Gasteiger partial charge in [-0.25, -0.2) is 0 Å². The Morgan fingerprint density at radius 2 is 1.82 bits per heavy atom. The first-order valence-electron chi connectivity index (χ1n) is 2.96. The Kier molecular flexibility index (Phi) is 3.32. The van der Waals surface area contributed by atoms with Crippen molar-refractivity contribution >= 4 is 28.4 Å². The van der Waals surface area contributed by atoms with Crippen LogP contribution in [0.25, 0.3) is 0 Å². The van der Waals surface area contributed by atoms with Gasteiger partial charge in [-0.05, 0) is 25.4 Å². The van der Waals surface area contributed by atoms with Crippen molar-refractivity contribution in [3.8, 4) is 0 Å². The molecule has 0 rings (SSSR count). The van der Waals surface area contributed by atoms with Crippen LogP contribution < -0.4 is 0 Å². The number of aliphatic hydroxyl groups is 2. The smallest absolute Gasteiger partial charge is 0.256 e. The van der Waals surface area contributed by atoms with E-state index in [4.69, 9.17) is 23.2 Å². The SMILES string of the molecule is CC(O)(CCl)C(C)(O)C(=O)Cl. The molecule has 3 nitrogen and oxygen atoms in total. The molecule has 0 fully saturated rings. The molecule has 0 aromatic carbocycles. The fourth-order valence-corrected chi connectivity index (χ4v) is 0.806. The zero-order chi connectivity index (χ0) is 9.28. The minimum Gasteiger partial charge on any atom is -0.385 e. The molecule has 2 N–H and O–H groups in total. The standard InChI is InChI=1S/C6H10Cl2O3/c1-5(10,3-7)6(2,11)4(8)9/h10-11H,3H2,1-2H3. The highest BCUT2D eigenvalue weighted by Gasteiger charge is 2.46. The van der Waals surface area contributed by atoms with Gasteiger partial charge < -0.3 is 10.2 Å². The van der Waals surface area contributed by atoms with E-state index in [1.807, 2.05) is 0 Å². The summed E-state index contributed by atoms with van der Waals surface area (Å²) >= 11 is 10.3. The molecule has 0 bridgehead atoms. The molecule has 0 amide bonds. The first kappa shape index (κ1) is 11.2. The van der Waals surface area contributed by atoms with Crippen LogP contribution in [0.2, 0.25) is 0 Å². The van der Waals surface area contributed by atoms with Crippen LogP contribution in [-0.4, -0.2) is 32.5 Å². The quantitative estimate of drug-likeness (QED) is 0.516. The van der Waals surface area contributed by atoms with Gasteiger partial charge in [0.1, 0.15) is 5.60 Å².